The van der Waals surface area contributed by atoms with E-state index >= 15 is 0 Å². The van der Waals surface area contributed by atoms with Crippen LogP contribution in [0.15, 0.2) is 22.7 Å². The summed E-state index contributed by atoms with van der Waals surface area (Å²) in [5.74, 6) is 1.81. The van der Waals surface area contributed by atoms with E-state index in [0.29, 0.717) is 28.7 Å². The van der Waals surface area contributed by atoms with Gasteiger partial charge in [0, 0.05) is 5.56 Å². The molecule has 0 atom stereocenters. The first-order chi connectivity index (χ1) is 7.70. The Labute approximate surface area is 96.7 Å². The van der Waals surface area contributed by atoms with Crippen molar-refractivity contribution >= 4 is 17.4 Å². The van der Waals surface area contributed by atoms with Gasteiger partial charge >= 0.3 is 0 Å². The van der Waals surface area contributed by atoms with E-state index in [4.69, 9.17) is 10.3 Å². The monoisotopic (exact) mass is 237 g/mol. The number of hydrogen-bond acceptors (Lipinski definition) is 6. The average Bonchev–Trinajstić information content (AvgIpc) is 2.71. The second kappa shape index (κ2) is 4.44. The molecular weight excluding hydrogens is 226 g/mol. The number of phenols is 1. The summed E-state index contributed by atoms with van der Waals surface area (Å²) in [7, 11) is 0. The molecule has 0 amide bonds. The van der Waals surface area contributed by atoms with Crippen molar-refractivity contribution < 1.29 is 9.63 Å². The van der Waals surface area contributed by atoms with Crippen LogP contribution in [0, 0.1) is 0 Å². The lowest BCUT2D eigenvalue weighted by Gasteiger charge is -1.99. The van der Waals surface area contributed by atoms with Gasteiger partial charge in [0.15, 0.2) is 5.82 Å². The Balaban J connectivity index is 2.31. The molecule has 0 aliphatic carbocycles. The second-order valence-corrected chi connectivity index (χ2v) is 4.09. The van der Waals surface area contributed by atoms with Crippen molar-refractivity contribution in [2.24, 2.45) is 0 Å². The first-order valence-corrected chi connectivity index (χ1v) is 6.00. The number of phenolic OH excluding ortho intramolecular Hbond substituents is 1. The van der Waals surface area contributed by atoms with E-state index in [1.165, 1.54) is 6.07 Å². The first kappa shape index (κ1) is 10.8. The fraction of sp³-hybridized carbons (Fsp3) is 0.200. The van der Waals surface area contributed by atoms with Crippen LogP contribution in [0.1, 0.15) is 5.82 Å². The molecule has 0 spiro atoms. The Morgan fingerprint density at radius 3 is 3.00 bits per heavy atom. The number of nitrogens with zero attached hydrogens (tertiary/aromatic N) is 2. The lowest BCUT2D eigenvalue weighted by Crippen LogP contribution is -1.87. The molecule has 1 heterocycles. The zero-order chi connectivity index (χ0) is 11.5. The van der Waals surface area contributed by atoms with Crippen LogP contribution in [-0.4, -0.2) is 21.5 Å². The maximum atomic E-state index is 9.29. The SMILES string of the molecule is CSCc1noc(-c2ccc(O)c(N)c2)n1. The Bertz CT molecular complexity index is 499. The smallest absolute Gasteiger partial charge is 0.258 e. The number of thioether (sulfide) groups is 1. The van der Waals surface area contributed by atoms with E-state index in [1.807, 2.05) is 6.26 Å². The number of aromatic hydroxyl groups is 1. The van der Waals surface area contributed by atoms with Gasteiger partial charge < -0.3 is 15.4 Å². The van der Waals surface area contributed by atoms with E-state index in [-0.39, 0.29) is 5.75 Å². The highest BCUT2D eigenvalue weighted by Gasteiger charge is 2.09. The number of aromatic nitrogens is 2. The van der Waals surface area contributed by atoms with Gasteiger partial charge in [0.25, 0.3) is 5.89 Å². The van der Waals surface area contributed by atoms with Crippen LogP contribution >= 0.6 is 11.8 Å². The van der Waals surface area contributed by atoms with Crippen LogP contribution in [0.3, 0.4) is 0 Å². The predicted molar refractivity (Wildman–Crippen MR) is 63.0 cm³/mol. The van der Waals surface area contributed by atoms with Crippen LogP contribution in [0.5, 0.6) is 5.75 Å². The largest absolute Gasteiger partial charge is 0.506 e. The number of rotatable bonds is 3. The third kappa shape index (κ3) is 2.11. The number of hydrogen-bond donors (Lipinski definition) is 2. The van der Waals surface area contributed by atoms with Crippen LogP contribution in [0.4, 0.5) is 5.69 Å². The van der Waals surface area contributed by atoms with Crippen molar-refractivity contribution in [2.45, 2.75) is 5.75 Å². The highest BCUT2D eigenvalue weighted by atomic mass is 32.2. The van der Waals surface area contributed by atoms with Crippen LogP contribution in [0.2, 0.25) is 0 Å². The molecule has 84 valence electrons. The van der Waals surface area contributed by atoms with Gasteiger partial charge in [-0.3, -0.25) is 0 Å². The molecule has 0 bridgehead atoms. The molecule has 1 aromatic heterocycles. The van der Waals surface area contributed by atoms with Crippen molar-refractivity contribution in [2.75, 3.05) is 12.0 Å². The van der Waals surface area contributed by atoms with Crippen molar-refractivity contribution in [3.63, 3.8) is 0 Å². The number of nitrogen functional groups attached to an aromatic ring is 1. The quantitative estimate of drug-likeness (QED) is 0.626. The van der Waals surface area contributed by atoms with Gasteiger partial charge in [-0.1, -0.05) is 5.16 Å². The summed E-state index contributed by atoms with van der Waals surface area (Å²) >= 11 is 1.62. The van der Waals surface area contributed by atoms with E-state index in [9.17, 15) is 5.11 Å². The highest BCUT2D eigenvalue weighted by Crippen LogP contribution is 2.26. The molecule has 0 saturated heterocycles. The zero-order valence-electron chi connectivity index (χ0n) is 8.67. The standard InChI is InChI=1S/C10H11N3O2S/c1-16-5-9-12-10(15-13-9)6-2-3-8(14)7(11)4-6/h2-4,14H,5,11H2,1H3. The number of benzene rings is 1. The summed E-state index contributed by atoms with van der Waals surface area (Å²) in [5.41, 5.74) is 6.58. The molecule has 6 heteroatoms. The van der Waals surface area contributed by atoms with Crippen LogP contribution < -0.4 is 5.73 Å². The number of anilines is 1. The molecule has 0 aliphatic heterocycles. The topological polar surface area (TPSA) is 85.2 Å². The zero-order valence-corrected chi connectivity index (χ0v) is 9.49. The molecule has 3 N–H and O–H groups in total. The average molecular weight is 237 g/mol. The van der Waals surface area contributed by atoms with E-state index < -0.39 is 0 Å². The Kier molecular flexibility index (Phi) is 3.00. The molecule has 0 saturated carbocycles. The van der Waals surface area contributed by atoms with Crippen molar-refractivity contribution in [1.29, 1.82) is 0 Å². The summed E-state index contributed by atoms with van der Waals surface area (Å²) in [6, 6.07) is 4.79. The normalized spacial score (nSPS) is 10.6. The lowest BCUT2D eigenvalue weighted by molar-refractivity contribution is 0.425. The minimum atomic E-state index is 0.0487. The summed E-state index contributed by atoms with van der Waals surface area (Å²) in [4.78, 5) is 4.21. The number of nitrogens with two attached hydrogens (primary N) is 1. The second-order valence-electron chi connectivity index (χ2n) is 3.22. The third-order valence-corrected chi connectivity index (χ3v) is 2.56. The van der Waals surface area contributed by atoms with Gasteiger partial charge in [0.05, 0.1) is 11.4 Å². The van der Waals surface area contributed by atoms with Crippen LogP contribution in [-0.2, 0) is 5.75 Å². The van der Waals surface area contributed by atoms with Gasteiger partial charge in [0.2, 0.25) is 0 Å². The summed E-state index contributed by atoms with van der Waals surface area (Å²) in [6.45, 7) is 0. The fourth-order valence-corrected chi connectivity index (χ4v) is 1.62. The molecular formula is C10H11N3O2S. The molecule has 0 unspecified atom stereocenters. The Morgan fingerprint density at radius 2 is 2.31 bits per heavy atom. The van der Waals surface area contributed by atoms with Gasteiger partial charge in [-0.15, -0.1) is 0 Å². The fourth-order valence-electron chi connectivity index (χ4n) is 1.25. The van der Waals surface area contributed by atoms with Crippen molar-refractivity contribution in [3.8, 4) is 17.2 Å². The molecule has 2 rings (SSSR count). The maximum Gasteiger partial charge on any atom is 0.258 e. The summed E-state index contributed by atoms with van der Waals surface area (Å²) in [6.07, 6.45) is 1.97. The molecule has 0 aliphatic rings. The molecule has 2 aromatic rings. The lowest BCUT2D eigenvalue weighted by atomic mass is 10.2. The van der Waals surface area contributed by atoms with Gasteiger partial charge in [-0.25, -0.2) is 0 Å². The summed E-state index contributed by atoms with van der Waals surface area (Å²) in [5, 5.41) is 13.1. The molecule has 16 heavy (non-hydrogen) atoms. The van der Waals surface area contributed by atoms with Gasteiger partial charge in [0.1, 0.15) is 5.75 Å². The van der Waals surface area contributed by atoms with Crippen LogP contribution in [0.25, 0.3) is 11.5 Å². The van der Waals surface area contributed by atoms with Gasteiger partial charge in [-0.2, -0.15) is 16.7 Å². The molecule has 0 radical (unpaired) electrons. The first-order valence-electron chi connectivity index (χ1n) is 4.61. The summed E-state index contributed by atoms with van der Waals surface area (Å²) < 4.78 is 5.09. The minimum Gasteiger partial charge on any atom is -0.506 e. The Morgan fingerprint density at radius 1 is 1.50 bits per heavy atom. The predicted octanol–water partition coefficient (Wildman–Crippen LogP) is 1.89. The maximum absolute atomic E-state index is 9.29. The minimum absolute atomic E-state index is 0.0487. The molecule has 1 aromatic carbocycles. The third-order valence-electron chi connectivity index (χ3n) is 2.02. The van der Waals surface area contributed by atoms with E-state index in [2.05, 4.69) is 10.1 Å². The van der Waals surface area contributed by atoms with Crippen molar-refractivity contribution in [3.05, 3.63) is 24.0 Å². The molecule has 5 nitrogen and oxygen atoms in total. The molecule has 0 fully saturated rings. The van der Waals surface area contributed by atoms with Gasteiger partial charge in [-0.05, 0) is 24.5 Å². The highest BCUT2D eigenvalue weighted by molar-refractivity contribution is 7.97. The Hall–Kier alpha value is -1.69. The van der Waals surface area contributed by atoms with E-state index in [1.54, 1.807) is 23.9 Å². The van der Waals surface area contributed by atoms with Crippen molar-refractivity contribution in [1.82, 2.24) is 10.1 Å². The van der Waals surface area contributed by atoms with E-state index in [0.717, 1.165) is 0 Å².